The number of carbonyl (C=O) groups excluding carboxylic acids is 1. The molecular weight excluding hydrogens is 368 g/mol. The molecular formula is C20H26O4S2. The maximum Gasteiger partial charge on any atom is 0.214 e. The van der Waals surface area contributed by atoms with Crippen molar-refractivity contribution in [3.63, 3.8) is 0 Å². The van der Waals surface area contributed by atoms with Crippen molar-refractivity contribution in [3.8, 4) is 5.75 Å². The Morgan fingerprint density at radius 3 is 2.27 bits per heavy atom. The first kappa shape index (κ1) is 19.5. The van der Waals surface area contributed by atoms with Gasteiger partial charge >= 0.3 is 0 Å². The summed E-state index contributed by atoms with van der Waals surface area (Å²) >= 11 is 3.46. The van der Waals surface area contributed by atoms with Gasteiger partial charge in [0.1, 0.15) is 15.7 Å². The molecule has 1 fully saturated rings. The van der Waals surface area contributed by atoms with Crippen LogP contribution < -0.4 is 0 Å². The number of benzene rings is 1. The van der Waals surface area contributed by atoms with Crippen LogP contribution in [0.25, 0.3) is 0 Å². The number of phenols is 1. The molecule has 0 spiro atoms. The monoisotopic (exact) mass is 394 g/mol. The van der Waals surface area contributed by atoms with Gasteiger partial charge in [0.25, 0.3) is 0 Å². The number of para-hydroxylation sites is 1. The third-order valence-electron chi connectivity index (χ3n) is 4.27. The van der Waals surface area contributed by atoms with E-state index in [4.69, 9.17) is 9.47 Å². The molecule has 1 saturated heterocycles. The van der Waals surface area contributed by atoms with Gasteiger partial charge < -0.3 is 14.6 Å². The Morgan fingerprint density at radius 1 is 1.08 bits per heavy atom. The second-order valence-electron chi connectivity index (χ2n) is 7.06. The molecule has 1 aromatic carbocycles. The first-order valence-corrected chi connectivity index (χ1v) is 11.0. The lowest BCUT2D eigenvalue weighted by atomic mass is 9.81. The summed E-state index contributed by atoms with van der Waals surface area (Å²) in [5.41, 5.74) is 0.793. The van der Waals surface area contributed by atoms with Gasteiger partial charge in [0.2, 0.25) is 11.5 Å². The molecule has 1 aliphatic heterocycles. The molecule has 1 N–H and O–H groups in total. The largest absolute Gasteiger partial charge is 0.508 e. The molecule has 0 saturated carbocycles. The van der Waals surface area contributed by atoms with E-state index in [9.17, 15) is 9.90 Å². The Hall–Kier alpha value is -1.27. The quantitative estimate of drug-likeness (QED) is 0.756. The maximum absolute atomic E-state index is 13.1. The number of ketones is 1. The zero-order valence-electron chi connectivity index (χ0n) is 15.7. The number of ether oxygens (including phenoxy) is 2. The number of carbonyl (C=O) groups is 1. The van der Waals surface area contributed by atoms with Gasteiger partial charge in [0.15, 0.2) is 5.76 Å². The average molecular weight is 395 g/mol. The lowest BCUT2D eigenvalue weighted by Gasteiger charge is -2.47. The predicted molar refractivity (Wildman–Crippen MR) is 107 cm³/mol. The third kappa shape index (κ3) is 3.46. The molecule has 26 heavy (non-hydrogen) atoms. The summed E-state index contributed by atoms with van der Waals surface area (Å²) in [7, 11) is 0. The first-order valence-electron chi connectivity index (χ1n) is 9.05. The van der Waals surface area contributed by atoms with Crippen molar-refractivity contribution in [2.75, 3.05) is 11.5 Å². The number of hydrogen-bond acceptors (Lipinski definition) is 6. The van der Waals surface area contributed by atoms with E-state index < -0.39 is 10.00 Å². The van der Waals surface area contributed by atoms with E-state index >= 15 is 0 Å². The normalized spacial score (nSPS) is 22.5. The molecule has 2 aliphatic rings. The molecule has 142 valence electrons. The van der Waals surface area contributed by atoms with E-state index in [2.05, 4.69) is 0 Å². The molecule has 0 unspecified atom stereocenters. The van der Waals surface area contributed by atoms with Crippen LogP contribution in [0.1, 0.15) is 39.7 Å². The SMILES string of the molecule is CC(C)OC1=C(OC(C)C)[C@@H](C2(c3ccccc3O)SCCCS2)C1=O. The summed E-state index contributed by atoms with van der Waals surface area (Å²) in [6, 6.07) is 7.33. The minimum absolute atomic E-state index is 0.0282. The van der Waals surface area contributed by atoms with Gasteiger partial charge in [-0.2, -0.15) is 0 Å². The third-order valence-corrected chi connectivity index (χ3v) is 7.73. The Bertz CT molecular complexity index is 706. The van der Waals surface area contributed by atoms with Gasteiger partial charge in [-0.25, -0.2) is 0 Å². The van der Waals surface area contributed by atoms with Gasteiger partial charge in [-0.05, 0) is 51.7 Å². The second kappa shape index (κ2) is 7.77. The van der Waals surface area contributed by atoms with E-state index in [1.54, 1.807) is 29.6 Å². The van der Waals surface area contributed by atoms with E-state index in [1.807, 2.05) is 45.9 Å². The average Bonchev–Trinajstić information content (AvgIpc) is 2.60. The number of thioether (sulfide) groups is 2. The summed E-state index contributed by atoms with van der Waals surface area (Å²) in [4.78, 5) is 13.1. The number of hydrogen-bond donors (Lipinski definition) is 1. The summed E-state index contributed by atoms with van der Waals surface area (Å²) < 4.78 is 11.2. The smallest absolute Gasteiger partial charge is 0.214 e. The minimum Gasteiger partial charge on any atom is -0.508 e. The molecule has 0 bridgehead atoms. The fourth-order valence-corrected chi connectivity index (χ4v) is 6.91. The second-order valence-corrected chi connectivity index (χ2v) is 10.00. The molecule has 0 amide bonds. The molecule has 1 aliphatic carbocycles. The van der Waals surface area contributed by atoms with Crippen molar-refractivity contribution in [1.29, 1.82) is 0 Å². The molecule has 4 nitrogen and oxygen atoms in total. The molecule has 1 heterocycles. The van der Waals surface area contributed by atoms with Crippen LogP contribution >= 0.6 is 23.5 Å². The zero-order chi connectivity index (χ0) is 18.9. The Kier molecular flexibility index (Phi) is 5.82. The van der Waals surface area contributed by atoms with Gasteiger partial charge in [-0.15, -0.1) is 23.5 Å². The number of Topliss-reactive ketones (excluding diaryl/α,β-unsaturated/α-hetero) is 1. The standard InChI is InChI=1S/C20H26O4S2/c1-12(2)23-18-16(17(22)19(18)24-13(3)4)20(25-10-7-11-26-20)14-8-5-6-9-15(14)21/h5-6,8-9,12-13,16,21H,7,10-11H2,1-4H3/t16-/m0/s1. The summed E-state index contributed by atoms with van der Waals surface area (Å²) in [6.07, 6.45) is 0.949. The molecule has 0 radical (unpaired) electrons. The van der Waals surface area contributed by atoms with Crippen LogP contribution in [0.4, 0.5) is 0 Å². The van der Waals surface area contributed by atoms with Crippen molar-refractivity contribution >= 4 is 29.3 Å². The number of rotatable bonds is 6. The summed E-state index contributed by atoms with van der Waals surface area (Å²) in [6.45, 7) is 7.72. The summed E-state index contributed by atoms with van der Waals surface area (Å²) in [5, 5.41) is 10.5. The van der Waals surface area contributed by atoms with Crippen LogP contribution in [0, 0.1) is 5.92 Å². The highest BCUT2D eigenvalue weighted by molar-refractivity contribution is 8.18. The van der Waals surface area contributed by atoms with E-state index in [1.165, 1.54) is 0 Å². The van der Waals surface area contributed by atoms with Gasteiger partial charge in [-0.3, -0.25) is 4.79 Å². The molecule has 1 atom stereocenters. The van der Waals surface area contributed by atoms with E-state index in [0.29, 0.717) is 11.5 Å². The number of aromatic hydroxyl groups is 1. The van der Waals surface area contributed by atoms with Crippen LogP contribution in [0.15, 0.2) is 35.8 Å². The summed E-state index contributed by atoms with van der Waals surface area (Å²) in [5.74, 6) is 2.62. The van der Waals surface area contributed by atoms with Crippen LogP contribution in [-0.4, -0.2) is 34.6 Å². The van der Waals surface area contributed by atoms with Gasteiger partial charge in [-0.1, -0.05) is 18.2 Å². The predicted octanol–water partition coefficient (Wildman–Crippen LogP) is 4.68. The first-order chi connectivity index (χ1) is 12.4. The van der Waals surface area contributed by atoms with Crippen LogP contribution in [0.5, 0.6) is 5.75 Å². The van der Waals surface area contributed by atoms with Crippen molar-refractivity contribution < 1.29 is 19.4 Å². The molecule has 1 aromatic rings. The van der Waals surface area contributed by atoms with Crippen LogP contribution in [-0.2, 0) is 18.3 Å². The molecule has 6 heteroatoms. The maximum atomic E-state index is 13.1. The van der Waals surface area contributed by atoms with Crippen molar-refractivity contribution in [3.05, 3.63) is 41.3 Å². The topological polar surface area (TPSA) is 55.8 Å². The molecule has 0 aromatic heterocycles. The van der Waals surface area contributed by atoms with E-state index in [0.717, 1.165) is 23.5 Å². The number of allylic oxidation sites excluding steroid dienone is 2. The Balaban J connectivity index is 2.08. The number of phenolic OH excluding ortho intramolecular Hbond substituents is 1. The van der Waals surface area contributed by atoms with Crippen molar-refractivity contribution in [2.24, 2.45) is 5.92 Å². The minimum atomic E-state index is -0.575. The fourth-order valence-electron chi connectivity index (χ4n) is 3.29. The fraction of sp³-hybridized carbons (Fsp3) is 0.550. The Morgan fingerprint density at radius 2 is 1.69 bits per heavy atom. The highest BCUT2D eigenvalue weighted by Crippen LogP contribution is 2.62. The van der Waals surface area contributed by atoms with Crippen LogP contribution in [0.3, 0.4) is 0 Å². The van der Waals surface area contributed by atoms with Crippen molar-refractivity contribution in [1.82, 2.24) is 0 Å². The van der Waals surface area contributed by atoms with Crippen LogP contribution in [0.2, 0.25) is 0 Å². The van der Waals surface area contributed by atoms with Gasteiger partial charge in [0, 0.05) is 5.56 Å². The highest BCUT2D eigenvalue weighted by Gasteiger charge is 2.58. The van der Waals surface area contributed by atoms with Crippen molar-refractivity contribution in [2.45, 2.75) is 50.4 Å². The zero-order valence-corrected chi connectivity index (χ0v) is 17.3. The lowest BCUT2D eigenvalue weighted by Crippen LogP contribution is -2.47. The van der Waals surface area contributed by atoms with Gasteiger partial charge in [0.05, 0.1) is 12.2 Å². The molecule has 3 rings (SSSR count). The Labute approximate surface area is 163 Å². The lowest BCUT2D eigenvalue weighted by molar-refractivity contribution is -0.130. The van der Waals surface area contributed by atoms with E-state index in [-0.39, 0.29) is 23.7 Å². The highest BCUT2D eigenvalue weighted by atomic mass is 32.2.